The van der Waals surface area contributed by atoms with E-state index in [1.807, 2.05) is 9.80 Å². The normalized spacial score (nSPS) is 16.8. The molecule has 2 aromatic heterocycles. The van der Waals surface area contributed by atoms with E-state index >= 15 is 0 Å². The van der Waals surface area contributed by atoms with Crippen LogP contribution in [-0.2, 0) is 9.59 Å². The Morgan fingerprint density at radius 3 is 1.47 bits per heavy atom. The maximum atomic E-state index is 14.9. The van der Waals surface area contributed by atoms with E-state index in [9.17, 15) is 27.2 Å². The van der Waals surface area contributed by atoms with Gasteiger partial charge in [-0.2, -0.15) is 0 Å². The summed E-state index contributed by atoms with van der Waals surface area (Å²) >= 11 is 0. The molecule has 18 heteroatoms. The van der Waals surface area contributed by atoms with Crippen LogP contribution in [-0.4, -0.2) is 84.1 Å². The summed E-state index contributed by atoms with van der Waals surface area (Å²) < 4.78 is 58.0. The molecule has 4 N–H and O–H groups in total. The van der Waals surface area contributed by atoms with Gasteiger partial charge in [0.25, 0.3) is 11.8 Å². The van der Waals surface area contributed by atoms with Crippen molar-refractivity contribution in [2.24, 2.45) is 0 Å². The SMILES string of the molecule is O=C1Nc2cccc(F)c2C1=CNc1ccc(N2CCN(c3cnccn3)CC2)c(F)c1.O=C1Nc2cccc(F)c2C1=CNc1ccc(N2CCN(c3ncccn3)CC2)c(F)c1. The zero-order valence-electron chi connectivity index (χ0n) is 34.1. The number of hydrogen-bond acceptors (Lipinski definition) is 12. The summed E-state index contributed by atoms with van der Waals surface area (Å²) in [6.07, 6.45) is 11.2. The molecule has 0 aliphatic carbocycles. The molecular weight excluding hydrogens is 829 g/mol. The minimum atomic E-state index is -0.490. The molecule has 324 valence electrons. The summed E-state index contributed by atoms with van der Waals surface area (Å²) in [7, 11) is 0. The smallest absolute Gasteiger partial charge is 0.257 e. The van der Waals surface area contributed by atoms with Crippen molar-refractivity contribution in [1.82, 2.24) is 19.9 Å². The fraction of sp³-hybridized carbons (Fsp3) is 0.174. The predicted molar refractivity (Wildman–Crippen MR) is 239 cm³/mol. The first-order valence-electron chi connectivity index (χ1n) is 20.5. The number of fused-ring (bicyclic) bond motifs is 2. The number of amides is 2. The third kappa shape index (κ3) is 8.70. The standard InChI is InChI=1S/2C23H20F2N6O/c24-17-3-1-4-19-21(17)16(22(32)29-19)14-28-15-5-6-20(18(25)13-15)30-9-11-31(12-10-30)23-26-7-2-8-27-23;24-17-2-1-3-19-22(17)16(23(32)29-19)13-28-15-4-5-20(18(25)12-15)30-8-10-31(11-9-30)21-14-26-6-7-27-21/h1-8,13-14,28H,9-12H2,(H,29,32);1-7,12-14,28H,8-11H2,(H,29,32). The number of rotatable bonds is 8. The molecule has 0 unspecified atom stereocenters. The van der Waals surface area contributed by atoms with Crippen LogP contribution < -0.4 is 40.9 Å². The number of halogens is 4. The van der Waals surface area contributed by atoms with Crippen molar-refractivity contribution in [1.29, 1.82) is 0 Å². The van der Waals surface area contributed by atoms with Crippen LogP contribution >= 0.6 is 0 Å². The lowest BCUT2D eigenvalue weighted by Gasteiger charge is -2.36. The maximum absolute atomic E-state index is 14.9. The molecule has 64 heavy (non-hydrogen) atoms. The van der Waals surface area contributed by atoms with Gasteiger partial charge in [0.1, 0.15) is 29.1 Å². The number of piperazine rings is 2. The molecule has 0 radical (unpaired) electrons. The second-order valence-corrected chi connectivity index (χ2v) is 15.0. The molecule has 10 rings (SSSR count). The van der Waals surface area contributed by atoms with E-state index in [0.29, 0.717) is 92.4 Å². The molecule has 0 spiro atoms. The fourth-order valence-electron chi connectivity index (χ4n) is 7.94. The predicted octanol–water partition coefficient (Wildman–Crippen LogP) is 6.97. The van der Waals surface area contributed by atoms with Crippen molar-refractivity contribution in [2.45, 2.75) is 0 Å². The summed E-state index contributed by atoms with van der Waals surface area (Å²) in [6, 6.07) is 20.3. The van der Waals surface area contributed by atoms with Crippen LogP contribution in [0.5, 0.6) is 0 Å². The van der Waals surface area contributed by atoms with Gasteiger partial charge in [0.2, 0.25) is 5.95 Å². The molecule has 0 bridgehead atoms. The lowest BCUT2D eigenvalue weighted by molar-refractivity contribution is -0.111. The van der Waals surface area contributed by atoms with Gasteiger partial charge in [-0.15, -0.1) is 0 Å². The van der Waals surface area contributed by atoms with Crippen molar-refractivity contribution in [2.75, 3.05) is 93.2 Å². The average molecular weight is 869 g/mol. The first-order valence-corrected chi connectivity index (χ1v) is 20.5. The zero-order valence-corrected chi connectivity index (χ0v) is 34.1. The molecule has 4 aliphatic heterocycles. The molecular formula is C46H40F4N12O2. The first-order chi connectivity index (χ1) is 31.2. The van der Waals surface area contributed by atoms with E-state index in [-0.39, 0.29) is 33.9 Å². The van der Waals surface area contributed by atoms with E-state index in [0.717, 1.165) is 5.82 Å². The molecule has 6 aromatic rings. The highest BCUT2D eigenvalue weighted by Gasteiger charge is 2.29. The van der Waals surface area contributed by atoms with E-state index < -0.39 is 23.4 Å². The number of carbonyl (C=O) groups is 2. The van der Waals surface area contributed by atoms with Crippen LogP contribution in [0.3, 0.4) is 0 Å². The molecule has 2 saturated heterocycles. The van der Waals surface area contributed by atoms with Gasteiger partial charge >= 0.3 is 0 Å². The zero-order chi connectivity index (χ0) is 44.2. The lowest BCUT2D eigenvalue weighted by Crippen LogP contribution is -2.47. The van der Waals surface area contributed by atoms with Crippen LogP contribution in [0.4, 0.5) is 63.5 Å². The van der Waals surface area contributed by atoms with E-state index in [1.165, 1.54) is 48.8 Å². The Bertz CT molecular complexity index is 2570. The van der Waals surface area contributed by atoms with Crippen molar-refractivity contribution in [3.63, 3.8) is 0 Å². The van der Waals surface area contributed by atoms with Gasteiger partial charge in [0, 0.05) is 112 Å². The van der Waals surface area contributed by atoms with E-state index in [1.54, 1.807) is 73.4 Å². The number of carbonyl (C=O) groups excluding carboxylic acids is 2. The minimum Gasteiger partial charge on any atom is -0.366 e. The molecule has 4 aromatic carbocycles. The summed E-state index contributed by atoms with van der Waals surface area (Å²) in [5, 5.41) is 11.1. The Hall–Kier alpha value is -8.02. The summed E-state index contributed by atoms with van der Waals surface area (Å²) in [4.78, 5) is 49.5. The highest BCUT2D eigenvalue weighted by Crippen LogP contribution is 2.35. The molecule has 0 atom stereocenters. The topological polar surface area (TPSA) is 147 Å². The molecule has 2 fully saturated rings. The number of benzene rings is 4. The average Bonchev–Trinajstić information content (AvgIpc) is 3.84. The van der Waals surface area contributed by atoms with Crippen LogP contribution in [0.15, 0.2) is 122 Å². The van der Waals surface area contributed by atoms with Gasteiger partial charge in [-0.25, -0.2) is 32.5 Å². The van der Waals surface area contributed by atoms with Gasteiger partial charge in [-0.05, 0) is 66.7 Å². The van der Waals surface area contributed by atoms with Gasteiger partial charge in [0.05, 0.1) is 40.1 Å². The monoisotopic (exact) mass is 868 g/mol. The van der Waals surface area contributed by atoms with Gasteiger partial charge in [-0.1, -0.05) is 12.1 Å². The van der Waals surface area contributed by atoms with Crippen molar-refractivity contribution < 1.29 is 27.2 Å². The number of anilines is 8. The van der Waals surface area contributed by atoms with E-state index in [2.05, 4.69) is 51.0 Å². The number of nitrogens with one attached hydrogen (secondary N) is 4. The molecule has 2 amide bonds. The summed E-state index contributed by atoms with van der Waals surface area (Å²) in [6.45, 7) is 5.39. The summed E-state index contributed by atoms with van der Waals surface area (Å²) in [5.74, 6) is -1.05. The first kappa shape index (κ1) is 41.3. The van der Waals surface area contributed by atoms with Crippen molar-refractivity contribution >= 4 is 68.9 Å². The third-order valence-electron chi connectivity index (χ3n) is 11.2. The number of hydrogen-bond donors (Lipinski definition) is 4. The van der Waals surface area contributed by atoms with Crippen LogP contribution in [0.1, 0.15) is 11.1 Å². The fourth-order valence-corrected chi connectivity index (χ4v) is 7.94. The highest BCUT2D eigenvalue weighted by atomic mass is 19.1. The largest absolute Gasteiger partial charge is 0.366 e. The van der Waals surface area contributed by atoms with Crippen LogP contribution in [0.2, 0.25) is 0 Å². The minimum absolute atomic E-state index is 0.168. The molecule has 4 aliphatic rings. The van der Waals surface area contributed by atoms with Gasteiger partial charge < -0.3 is 40.9 Å². The number of nitrogens with zero attached hydrogens (tertiary/aromatic N) is 8. The Labute approximate surface area is 365 Å². The van der Waals surface area contributed by atoms with Crippen LogP contribution in [0, 0.1) is 23.3 Å². The van der Waals surface area contributed by atoms with Gasteiger partial charge in [-0.3, -0.25) is 14.6 Å². The Morgan fingerprint density at radius 1 is 0.516 bits per heavy atom. The Kier molecular flexibility index (Phi) is 11.7. The quantitative estimate of drug-likeness (QED) is 0.0926. The second kappa shape index (κ2) is 18.1. The third-order valence-corrected chi connectivity index (χ3v) is 11.2. The van der Waals surface area contributed by atoms with Crippen molar-refractivity contribution in [3.8, 4) is 0 Å². The van der Waals surface area contributed by atoms with E-state index in [4.69, 9.17) is 0 Å². The van der Waals surface area contributed by atoms with Crippen molar-refractivity contribution in [3.05, 3.63) is 157 Å². The summed E-state index contributed by atoms with van der Waals surface area (Å²) in [5.41, 5.74) is 3.55. The molecule has 6 heterocycles. The van der Waals surface area contributed by atoms with Gasteiger partial charge in [0.15, 0.2) is 0 Å². The second-order valence-electron chi connectivity index (χ2n) is 15.0. The maximum Gasteiger partial charge on any atom is 0.257 e. The van der Waals surface area contributed by atoms with Crippen LogP contribution in [0.25, 0.3) is 11.1 Å². The lowest BCUT2D eigenvalue weighted by atomic mass is 10.1. The Morgan fingerprint density at radius 2 is 1.00 bits per heavy atom. The molecule has 14 nitrogen and oxygen atoms in total. The Balaban J connectivity index is 0.000000162. The number of aromatic nitrogens is 4. The highest BCUT2D eigenvalue weighted by molar-refractivity contribution is 6.32. The molecule has 0 saturated carbocycles.